The Bertz CT molecular complexity index is 259. The zero-order chi connectivity index (χ0) is 11.9. The predicted molar refractivity (Wildman–Crippen MR) is 56.5 cm³/mol. The summed E-state index contributed by atoms with van der Waals surface area (Å²) in [5, 5.41) is 0. The van der Waals surface area contributed by atoms with Gasteiger partial charge >= 0.3 is 6.15 Å². The van der Waals surface area contributed by atoms with Crippen LogP contribution in [-0.4, -0.2) is 25.2 Å². The topological polar surface area (TPSA) is 52.6 Å². The first-order chi connectivity index (χ1) is 7.76. The van der Waals surface area contributed by atoms with E-state index in [0.717, 1.165) is 45.3 Å². The molecule has 0 aromatic carbocycles. The molecule has 4 heteroatoms. The van der Waals surface area contributed by atoms with E-state index in [0.29, 0.717) is 0 Å². The summed E-state index contributed by atoms with van der Waals surface area (Å²) in [5.74, 6) is -0.189. The van der Waals surface area contributed by atoms with Gasteiger partial charge in [-0.1, -0.05) is 18.6 Å². The van der Waals surface area contributed by atoms with E-state index in [9.17, 15) is 0 Å². The molecule has 0 aromatic heterocycles. The van der Waals surface area contributed by atoms with Crippen LogP contribution >= 0.6 is 0 Å². The molecule has 2 fully saturated rings. The molecule has 16 heavy (non-hydrogen) atoms. The van der Waals surface area contributed by atoms with Crippen molar-refractivity contribution in [1.29, 1.82) is 0 Å². The van der Waals surface area contributed by atoms with E-state index in [1.165, 1.54) is 0 Å². The van der Waals surface area contributed by atoms with E-state index in [4.69, 9.17) is 19.1 Å². The average molecular weight is 226 g/mol. The van der Waals surface area contributed by atoms with Gasteiger partial charge in [0, 0.05) is 12.8 Å². The standard InChI is InChI=1S/C11H18O2.CO2/c1-2-3-10-4-6-11(7-5-10)12-8-9-13-11;2-1-3/h3H,2,4-9H2,1H3;. The zero-order valence-corrected chi connectivity index (χ0v) is 9.66. The maximum Gasteiger partial charge on any atom is 0.373 e. The summed E-state index contributed by atoms with van der Waals surface area (Å²) in [7, 11) is 0. The Labute approximate surface area is 95.6 Å². The van der Waals surface area contributed by atoms with E-state index >= 15 is 0 Å². The van der Waals surface area contributed by atoms with Crippen molar-refractivity contribution in [3.05, 3.63) is 11.6 Å². The van der Waals surface area contributed by atoms with Crippen molar-refractivity contribution in [3.63, 3.8) is 0 Å². The summed E-state index contributed by atoms with van der Waals surface area (Å²) in [5.41, 5.74) is 1.59. The molecule has 1 aliphatic heterocycles. The Hall–Kier alpha value is -0.960. The summed E-state index contributed by atoms with van der Waals surface area (Å²) in [6, 6.07) is 0. The van der Waals surface area contributed by atoms with Gasteiger partial charge in [0.2, 0.25) is 0 Å². The van der Waals surface area contributed by atoms with Gasteiger partial charge in [0.05, 0.1) is 13.2 Å². The van der Waals surface area contributed by atoms with E-state index in [-0.39, 0.29) is 11.9 Å². The van der Waals surface area contributed by atoms with Crippen LogP contribution in [0.15, 0.2) is 11.6 Å². The van der Waals surface area contributed by atoms with Crippen LogP contribution in [0.4, 0.5) is 0 Å². The van der Waals surface area contributed by atoms with Gasteiger partial charge in [-0.25, -0.2) is 0 Å². The highest BCUT2D eigenvalue weighted by Crippen LogP contribution is 2.37. The molecular formula is C12H18O4. The molecule has 90 valence electrons. The fourth-order valence-electron chi connectivity index (χ4n) is 2.23. The fraction of sp³-hybridized carbons (Fsp3) is 0.750. The monoisotopic (exact) mass is 226 g/mol. The largest absolute Gasteiger partial charge is 0.373 e. The molecule has 1 heterocycles. The first kappa shape index (κ1) is 13.1. The first-order valence-electron chi connectivity index (χ1n) is 5.71. The van der Waals surface area contributed by atoms with Crippen molar-refractivity contribution in [1.82, 2.24) is 0 Å². The highest BCUT2D eigenvalue weighted by molar-refractivity contribution is 5.20. The van der Waals surface area contributed by atoms with Crippen LogP contribution in [0.25, 0.3) is 0 Å². The number of carbonyl (C=O) groups excluding carboxylic acids is 2. The van der Waals surface area contributed by atoms with E-state index in [1.54, 1.807) is 5.57 Å². The molecule has 2 aliphatic rings. The second kappa shape index (κ2) is 6.59. The molecule has 0 bridgehead atoms. The second-order valence-corrected chi connectivity index (χ2v) is 3.96. The predicted octanol–water partition coefficient (Wildman–Crippen LogP) is 2.06. The van der Waals surface area contributed by atoms with E-state index < -0.39 is 0 Å². The molecule has 0 atom stereocenters. The molecule has 1 spiro atoms. The normalized spacial score (nSPS) is 22.2. The maximum atomic E-state index is 8.12. The third-order valence-corrected chi connectivity index (χ3v) is 2.96. The van der Waals surface area contributed by atoms with Gasteiger partial charge in [0.25, 0.3) is 0 Å². The molecule has 0 radical (unpaired) electrons. The molecule has 0 unspecified atom stereocenters. The number of hydrogen-bond acceptors (Lipinski definition) is 4. The SMILES string of the molecule is CCC=C1CCC2(CC1)OCCO2.O=C=O. The molecule has 1 aliphatic carbocycles. The van der Waals surface area contributed by atoms with Crippen LogP contribution in [0.1, 0.15) is 39.0 Å². The molecule has 0 amide bonds. The Kier molecular flexibility index (Phi) is 5.39. The zero-order valence-electron chi connectivity index (χ0n) is 9.66. The summed E-state index contributed by atoms with van der Waals surface area (Å²) >= 11 is 0. The van der Waals surface area contributed by atoms with Crippen LogP contribution in [0.2, 0.25) is 0 Å². The van der Waals surface area contributed by atoms with Crippen LogP contribution in [0, 0.1) is 0 Å². The number of rotatable bonds is 1. The fourth-order valence-corrected chi connectivity index (χ4v) is 2.23. The lowest BCUT2D eigenvalue weighted by atomic mass is 9.89. The van der Waals surface area contributed by atoms with Gasteiger partial charge in [0.1, 0.15) is 0 Å². The van der Waals surface area contributed by atoms with E-state index in [1.807, 2.05) is 0 Å². The highest BCUT2D eigenvalue weighted by Gasteiger charge is 2.38. The van der Waals surface area contributed by atoms with Gasteiger partial charge in [-0.15, -0.1) is 0 Å². The van der Waals surface area contributed by atoms with Crippen LogP contribution in [0.5, 0.6) is 0 Å². The quantitative estimate of drug-likeness (QED) is 0.642. The van der Waals surface area contributed by atoms with Gasteiger partial charge in [-0.05, 0) is 19.3 Å². The van der Waals surface area contributed by atoms with E-state index in [2.05, 4.69) is 13.0 Å². The Morgan fingerprint density at radius 2 is 1.75 bits per heavy atom. The summed E-state index contributed by atoms with van der Waals surface area (Å²) in [6.45, 7) is 3.76. The third kappa shape index (κ3) is 3.56. The molecule has 1 saturated carbocycles. The van der Waals surface area contributed by atoms with Crippen LogP contribution in [-0.2, 0) is 19.1 Å². The van der Waals surface area contributed by atoms with Gasteiger partial charge in [0.15, 0.2) is 5.79 Å². The molecule has 1 saturated heterocycles. The molecule has 4 nitrogen and oxygen atoms in total. The lowest BCUT2D eigenvalue weighted by Gasteiger charge is -2.32. The summed E-state index contributed by atoms with van der Waals surface area (Å²) < 4.78 is 11.3. The number of ether oxygens (including phenoxy) is 2. The van der Waals surface area contributed by atoms with Crippen molar-refractivity contribution >= 4 is 6.15 Å². The Morgan fingerprint density at radius 3 is 2.19 bits per heavy atom. The number of allylic oxidation sites excluding steroid dienone is 2. The summed E-state index contributed by atoms with van der Waals surface area (Å²) in [4.78, 5) is 16.2. The van der Waals surface area contributed by atoms with Gasteiger partial charge in [-0.3, -0.25) is 0 Å². The molecular weight excluding hydrogens is 208 g/mol. The maximum absolute atomic E-state index is 8.12. The lowest BCUT2D eigenvalue weighted by Crippen LogP contribution is -2.33. The minimum Gasteiger partial charge on any atom is -0.348 e. The second-order valence-electron chi connectivity index (χ2n) is 3.96. The average Bonchev–Trinajstić information content (AvgIpc) is 2.72. The first-order valence-corrected chi connectivity index (χ1v) is 5.71. The minimum atomic E-state index is -0.189. The van der Waals surface area contributed by atoms with Crippen LogP contribution in [0.3, 0.4) is 0 Å². The minimum absolute atomic E-state index is 0.189. The smallest absolute Gasteiger partial charge is 0.348 e. The van der Waals surface area contributed by atoms with Crippen molar-refractivity contribution < 1.29 is 19.1 Å². The van der Waals surface area contributed by atoms with Crippen molar-refractivity contribution in [2.24, 2.45) is 0 Å². The molecule has 2 rings (SSSR count). The van der Waals surface area contributed by atoms with Gasteiger partial charge < -0.3 is 9.47 Å². The molecule has 0 aromatic rings. The van der Waals surface area contributed by atoms with Crippen molar-refractivity contribution in [3.8, 4) is 0 Å². The summed E-state index contributed by atoms with van der Waals surface area (Å²) in [6.07, 6.45) is 8.19. The number of hydrogen-bond donors (Lipinski definition) is 0. The lowest BCUT2D eigenvalue weighted by molar-refractivity contribution is -0.191. The Balaban J connectivity index is 0.000000386. The molecule has 0 N–H and O–H groups in total. The van der Waals surface area contributed by atoms with Crippen molar-refractivity contribution in [2.75, 3.05) is 13.2 Å². The highest BCUT2D eigenvalue weighted by atomic mass is 16.7. The van der Waals surface area contributed by atoms with Gasteiger partial charge in [-0.2, -0.15) is 9.59 Å². The van der Waals surface area contributed by atoms with Crippen LogP contribution < -0.4 is 0 Å². The Morgan fingerprint density at radius 1 is 1.25 bits per heavy atom. The third-order valence-electron chi connectivity index (χ3n) is 2.96. The van der Waals surface area contributed by atoms with Crippen molar-refractivity contribution in [2.45, 2.75) is 44.8 Å².